The molecule has 2 aliphatic heterocycles. The highest BCUT2D eigenvalue weighted by molar-refractivity contribution is 5.70. The highest BCUT2D eigenvalue weighted by atomic mass is 16.6. The molecule has 0 bridgehead atoms. The van der Waals surface area contributed by atoms with Gasteiger partial charge < -0.3 is 19.3 Å². The molecule has 0 N–H and O–H groups in total. The van der Waals surface area contributed by atoms with Crippen LogP contribution in [0.15, 0.2) is 18.2 Å². The molecule has 0 radical (unpaired) electrons. The largest absolute Gasteiger partial charge is 0.444 e. The van der Waals surface area contributed by atoms with Crippen LogP contribution in [-0.4, -0.2) is 48.9 Å². The summed E-state index contributed by atoms with van der Waals surface area (Å²) < 4.78 is 10.8. The van der Waals surface area contributed by atoms with Crippen molar-refractivity contribution < 1.29 is 14.3 Å². The van der Waals surface area contributed by atoms with Crippen LogP contribution in [0.1, 0.15) is 38.8 Å². The van der Waals surface area contributed by atoms with E-state index in [0.717, 1.165) is 6.42 Å². The molecule has 1 saturated heterocycles. The van der Waals surface area contributed by atoms with Gasteiger partial charge in [-0.25, -0.2) is 4.79 Å². The van der Waals surface area contributed by atoms with Crippen LogP contribution in [-0.2, 0) is 22.5 Å². The third kappa shape index (κ3) is 3.36. The Balaban J connectivity index is 1.76. The van der Waals surface area contributed by atoms with E-state index in [2.05, 4.69) is 30.0 Å². The summed E-state index contributed by atoms with van der Waals surface area (Å²) in [7, 11) is 1.72. The first-order valence-electron chi connectivity index (χ1n) is 8.65. The van der Waals surface area contributed by atoms with E-state index in [-0.39, 0.29) is 12.1 Å². The minimum absolute atomic E-state index is 0.204. The van der Waals surface area contributed by atoms with E-state index in [1.165, 1.54) is 16.8 Å². The second-order valence-electron chi connectivity index (χ2n) is 7.90. The molecule has 24 heavy (non-hydrogen) atoms. The Morgan fingerprint density at radius 1 is 1.29 bits per heavy atom. The number of benzene rings is 1. The maximum atomic E-state index is 12.4. The van der Waals surface area contributed by atoms with E-state index in [1.807, 2.05) is 25.7 Å². The van der Waals surface area contributed by atoms with E-state index < -0.39 is 5.60 Å². The summed E-state index contributed by atoms with van der Waals surface area (Å²) in [4.78, 5) is 16.8. The Hall–Kier alpha value is -1.75. The van der Waals surface area contributed by atoms with Crippen LogP contribution in [0.2, 0.25) is 0 Å². The maximum absolute atomic E-state index is 12.4. The quantitative estimate of drug-likeness (QED) is 0.834. The topological polar surface area (TPSA) is 42.0 Å². The van der Waals surface area contributed by atoms with Crippen molar-refractivity contribution in [2.24, 2.45) is 0 Å². The molecule has 1 fully saturated rings. The van der Waals surface area contributed by atoms with Gasteiger partial charge in [0.05, 0.1) is 12.6 Å². The van der Waals surface area contributed by atoms with Gasteiger partial charge in [-0.05, 0) is 51.3 Å². The first-order chi connectivity index (χ1) is 11.3. The fraction of sp³-hybridized carbons (Fsp3) is 0.632. The predicted molar refractivity (Wildman–Crippen MR) is 94.4 cm³/mol. The number of methoxy groups -OCH3 is 1. The second-order valence-corrected chi connectivity index (χ2v) is 7.90. The Kier molecular flexibility index (Phi) is 4.47. The van der Waals surface area contributed by atoms with Gasteiger partial charge in [-0.15, -0.1) is 0 Å². The minimum Gasteiger partial charge on any atom is -0.444 e. The van der Waals surface area contributed by atoms with E-state index in [9.17, 15) is 4.79 Å². The summed E-state index contributed by atoms with van der Waals surface area (Å²) in [5, 5.41) is 0. The number of carbonyl (C=O) groups is 1. The number of fused-ring (bicyclic) bond motifs is 3. The molecule has 5 nitrogen and oxygen atoms in total. The van der Waals surface area contributed by atoms with Gasteiger partial charge in [-0.2, -0.15) is 0 Å². The molecule has 2 atom stereocenters. The van der Waals surface area contributed by atoms with E-state index in [1.54, 1.807) is 7.11 Å². The van der Waals surface area contributed by atoms with Gasteiger partial charge in [0.25, 0.3) is 0 Å². The zero-order chi connectivity index (χ0) is 17.5. The molecule has 132 valence electrons. The lowest BCUT2D eigenvalue weighted by Gasteiger charge is -2.44. The summed E-state index contributed by atoms with van der Waals surface area (Å²) in [6.07, 6.45) is 0.775. The van der Waals surface area contributed by atoms with Crippen LogP contribution >= 0.6 is 0 Å². The standard InChI is InChI=1S/C19H28N2O3/c1-13-10-20(18(22)24-19(2,3)4)11-16-9-15-7-6-14(12-23-5)8-17(15)21(13)16/h6-8,13,16H,9-12H2,1-5H3/t13?,16-/m1/s1. The maximum Gasteiger partial charge on any atom is 0.410 e. The van der Waals surface area contributed by atoms with Crippen LogP contribution in [0.25, 0.3) is 0 Å². The SMILES string of the molecule is COCc1ccc2c(c1)N1C(C)CN(C(=O)OC(C)(C)C)C[C@H]1C2. The molecule has 2 aliphatic rings. The second kappa shape index (κ2) is 6.28. The lowest BCUT2D eigenvalue weighted by molar-refractivity contribution is 0.0192. The lowest BCUT2D eigenvalue weighted by Crippen LogP contribution is -2.58. The van der Waals surface area contributed by atoms with Crippen molar-refractivity contribution in [3.8, 4) is 0 Å². The summed E-state index contributed by atoms with van der Waals surface area (Å²) in [6, 6.07) is 7.17. The van der Waals surface area contributed by atoms with Crippen LogP contribution < -0.4 is 4.90 Å². The summed E-state index contributed by atoms with van der Waals surface area (Å²) in [5.74, 6) is 0. The number of amides is 1. The molecular weight excluding hydrogens is 304 g/mol. The van der Waals surface area contributed by atoms with Crippen LogP contribution in [0.5, 0.6) is 0 Å². The highest BCUT2D eigenvalue weighted by Gasteiger charge is 2.40. The molecular formula is C19H28N2O3. The van der Waals surface area contributed by atoms with Crippen molar-refractivity contribution in [3.05, 3.63) is 29.3 Å². The normalized spacial score (nSPS) is 23.0. The molecule has 3 rings (SSSR count). The fourth-order valence-electron chi connectivity index (χ4n) is 3.79. The molecule has 1 amide bonds. The van der Waals surface area contributed by atoms with Gasteiger partial charge in [0, 0.05) is 31.9 Å². The average molecular weight is 332 g/mol. The third-order valence-corrected chi connectivity index (χ3v) is 4.63. The minimum atomic E-state index is -0.453. The molecule has 2 heterocycles. The molecule has 1 aromatic carbocycles. The first-order valence-corrected chi connectivity index (χ1v) is 8.65. The van der Waals surface area contributed by atoms with E-state index in [0.29, 0.717) is 25.7 Å². The van der Waals surface area contributed by atoms with E-state index >= 15 is 0 Å². The van der Waals surface area contributed by atoms with Crippen molar-refractivity contribution in [2.45, 2.75) is 58.4 Å². The van der Waals surface area contributed by atoms with E-state index in [4.69, 9.17) is 9.47 Å². The Bertz CT molecular complexity index is 624. The predicted octanol–water partition coefficient (Wildman–Crippen LogP) is 3.20. The number of rotatable bonds is 2. The zero-order valence-corrected chi connectivity index (χ0v) is 15.3. The Morgan fingerprint density at radius 2 is 2.04 bits per heavy atom. The average Bonchev–Trinajstić information content (AvgIpc) is 2.84. The highest BCUT2D eigenvalue weighted by Crippen LogP contribution is 2.37. The van der Waals surface area contributed by atoms with Crippen molar-refractivity contribution in [3.63, 3.8) is 0 Å². The monoisotopic (exact) mass is 332 g/mol. The number of anilines is 1. The third-order valence-electron chi connectivity index (χ3n) is 4.63. The number of hydrogen-bond donors (Lipinski definition) is 0. The number of ether oxygens (including phenoxy) is 2. The molecule has 0 saturated carbocycles. The smallest absolute Gasteiger partial charge is 0.410 e. The number of hydrogen-bond acceptors (Lipinski definition) is 4. The van der Waals surface area contributed by atoms with Crippen molar-refractivity contribution >= 4 is 11.8 Å². The molecule has 5 heteroatoms. The summed E-state index contributed by atoms with van der Waals surface area (Å²) in [5.41, 5.74) is 3.40. The van der Waals surface area contributed by atoms with Gasteiger partial charge in [0.2, 0.25) is 0 Å². The van der Waals surface area contributed by atoms with Gasteiger partial charge in [-0.1, -0.05) is 12.1 Å². The number of piperazine rings is 1. The molecule has 1 unspecified atom stereocenters. The Labute approximate surface area is 144 Å². The molecule has 0 aromatic heterocycles. The molecule has 0 spiro atoms. The van der Waals surface area contributed by atoms with Crippen molar-refractivity contribution in [2.75, 3.05) is 25.1 Å². The number of nitrogens with zero attached hydrogens (tertiary/aromatic N) is 2. The summed E-state index contributed by atoms with van der Waals surface area (Å²) in [6.45, 7) is 9.95. The van der Waals surface area contributed by atoms with Gasteiger partial charge in [0.1, 0.15) is 5.60 Å². The van der Waals surface area contributed by atoms with Crippen molar-refractivity contribution in [1.82, 2.24) is 4.90 Å². The fourth-order valence-corrected chi connectivity index (χ4v) is 3.79. The zero-order valence-electron chi connectivity index (χ0n) is 15.3. The van der Waals surface area contributed by atoms with Crippen LogP contribution in [0, 0.1) is 0 Å². The lowest BCUT2D eigenvalue weighted by atomic mass is 10.1. The molecule has 0 aliphatic carbocycles. The van der Waals surface area contributed by atoms with Gasteiger partial charge in [-0.3, -0.25) is 0 Å². The Morgan fingerprint density at radius 3 is 2.71 bits per heavy atom. The first kappa shape index (κ1) is 17.1. The van der Waals surface area contributed by atoms with Crippen LogP contribution in [0.3, 0.4) is 0 Å². The molecule has 1 aromatic rings. The van der Waals surface area contributed by atoms with Crippen LogP contribution in [0.4, 0.5) is 10.5 Å². The van der Waals surface area contributed by atoms with Crippen molar-refractivity contribution in [1.29, 1.82) is 0 Å². The summed E-state index contributed by atoms with van der Waals surface area (Å²) >= 11 is 0. The number of carbonyl (C=O) groups excluding carboxylic acids is 1. The van der Waals surface area contributed by atoms with Gasteiger partial charge in [0.15, 0.2) is 0 Å². The van der Waals surface area contributed by atoms with Gasteiger partial charge >= 0.3 is 6.09 Å².